The van der Waals surface area contributed by atoms with Gasteiger partial charge in [0.1, 0.15) is 24.7 Å². The normalized spacial score (nSPS) is 17.1. The van der Waals surface area contributed by atoms with Crippen molar-refractivity contribution in [1.82, 2.24) is 4.90 Å². The number of nitrogens with zero attached hydrogens (tertiary/aromatic N) is 4. The Hall–Kier alpha value is -3.55. The van der Waals surface area contributed by atoms with Crippen molar-refractivity contribution < 1.29 is 14.4 Å². The summed E-state index contributed by atoms with van der Waals surface area (Å²) in [5.41, 5.74) is 4.30. The summed E-state index contributed by atoms with van der Waals surface area (Å²) in [6, 6.07) is 21.0. The minimum absolute atomic E-state index is 0.236. The molecule has 1 N–H and O–H groups in total. The standard InChI is InChI=1S/C26H26ClN5O2/c1-32(30-26(33)18-6-5-7-20(16-18)34-2)14-12-31(13-15-32)25-21-8-3-4-9-22(21)28-23-11-10-19(27)17-24(23)29-25/h3-11,16-17H,12-15H2,1-2H3,(H-,28,29,30,33). The Bertz CT molecular complexity index is 1280. The van der Waals surface area contributed by atoms with Crippen LogP contribution >= 0.6 is 11.6 Å². The van der Waals surface area contributed by atoms with Crippen molar-refractivity contribution in [3.8, 4) is 5.75 Å². The third-order valence-corrected chi connectivity index (χ3v) is 6.51. The molecule has 174 valence electrons. The van der Waals surface area contributed by atoms with Crippen LogP contribution in [-0.4, -0.2) is 61.6 Å². The number of para-hydroxylation sites is 1. The van der Waals surface area contributed by atoms with Crippen molar-refractivity contribution >= 4 is 40.4 Å². The molecule has 1 fully saturated rings. The first-order valence-corrected chi connectivity index (χ1v) is 11.6. The lowest BCUT2D eigenvalue weighted by Crippen LogP contribution is -2.56. The first-order valence-electron chi connectivity index (χ1n) is 11.2. The van der Waals surface area contributed by atoms with Gasteiger partial charge in [0.2, 0.25) is 0 Å². The van der Waals surface area contributed by atoms with E-state index in [1.807, 2.05) is 43.4 Å². The Morgan fingerprint density at radius 3 is 2.65 bits per heavy atom. The number of aliphatic imine (C=N–C) groups is 1. The molecule has 2 heterocycles. The molecule has 7 nitrogen and oxygen atoms in total. The maximum absolute atomic E-state index is 12.9. The van der Waals surface area contributed by atoms with Crippen molar-refractivity contribution in [2.45, 2.75) is 0 Å². The molecule has 0 atom stereocenters. The SMILES string of the molecule is COc1cccc(/C([O-])=N/[N+]2(C)CCN(C3=Nc4cc(Cl)ccc4Nc4ccccc43)CC2)c1. The summed E-state index contributed by atoms with van der Waals surface area (Å²) >= 11 is 6.26. The average molecular weight is 476 g/mol. The third kappa shape index (κ3) is 4.44. The number of ether oxygens (including phenoxy) is 1. The topological polar surface area (TPSA) is 72.3 Å². The van der Waals surface area contributed by atoms with Crippen molar-refractivity contribution in [3.63, 3.8) is 0 Å². The molecule has 0 unspecified atom stereocenters. The predicted molar refractivity (Wildman–Crippen MR) is 134 cm³/mol. The lowest BCUT2D eigenvalue weighted by molar-refractivity contribution is -0.920. The molecule has 0 saturated carbocycles. The summed E-state index contributed by atoms with van der Waals surface area (Å²) in [4.78, 5) is 7.28. The van der Waals surface area contributed by atoms with Crippen LogP contribution in [0.2, 0.25) is 5.02 Å². The third-order valence-electron chi connectivity index (χ3n) is 6.28. The Labute approximate surface area is 204 Å². The number of piperazine rings is 1. The Morgan fingerprint density at radius 2 is 1.85 bits per heavy atom. The summed E-state index contributed by atoms with van der Waals surface area (Å²) in [6.45, 7) is 2.81. The number of fused-ring (bicyclic) bond motifs is 2. The Morgan fingerprint density at radius 1 is 1.06 bits per heavy atom. The van der Waals surface area contributed by atoms with Gasteiger partial charge >= 0.3 is 0 Å². The number of rotatable bonds is 3. The minimum Gasteiger partial charge on any atom is -0.855 e. The van der Waals surface area contributed by atoms with E-state index in [0.29, 0.717) is 47.1 Å². The maximum atomic E-state index is 12.9. The number of quaternary nitrogens is 1. The molecule has 5 rings (SSSR count). The van der Waals surface area contributed by atoms with Gasteiger partial charge in [-0.25, -0.2) is 4.99 Å². The fraction of sp³-hybridized carbons (Fsp3) is 0.231. The molecule has 0 bridgehead atoms. The highest BCUT2D eigenvalue weighted by molar-refractivity contribution is 6.31. The smallest absolute Gasteiger partial charge is 0.139 e. The minimum atomic E-state index is -0.236. The summed E-state index contributed by atoms with van der Waals surface area (Å²) in [6.07, 6.45) is 0. The summed E-state index contributed by atoms with van der Waals surface area (Å²) in [7, 11) is 3.58. The van der Waals surface area contributed by atoms with Crippen LogP contribution in [0.15, 0.2) is 76.8 Å². The van der Waals surface area contributed by atoms with Crippen LogP contribution in [0.5, 0.6) is 5.75 Å². The summed E-state index contributed by atoms with van der Waals surface area (Å²) in [5, 5.41) is 21.5. The van der Waals surface area contributed by atoms with E-state index in [1.165, 1.54) is 0 Å². The van der Waals surface area contributed by atoms with Crippen LogP contribution in [0.4, 0.5) is 17.1 Å². The van der Waals surface area contributed by atoms with Gasteiger partial charge in [0.25, 0.3) is 0 Å². The van der Waals surface area contributed by atoms with Crippen molar-refractivity contribution in [2.24, 2.45) is 10.1 Å². The zero-order chi connectivity index (χ0) is 23.7. The van der Waals surface area contributed by atoms with Gasteiger partial charge in [-0.2, -0.15) is 4.59 Å². The van der Waals surface area contributed by atoms with Gasteiger partial charge in [-0.3, -0.25) is 0 Å². The molecule has 0 spiro atoms. The number of amidine groups is 1. The van der Waals surface area contributed by atoms with E-state index >= 15 is 0 Å². The van der Waals surface area contributed by atoms with Crippen LogP contribution in [0.3, 0.4) is 0 Å². The van der Waals surface area contributed by atoms with Crippen LogP contribution < -0.4 is 15.2 Å². The van der Waals surface area contributed by atoms with Crippen LogP contribution in [-0.2, 0) is 0 Å². The number of methoxy groups -OCH3 is 1. The number of halogens is 1. The maximum Gasteiger partial charge on any atom is 0.139 e. The molecular formula is C26H26ClN5O2. The van der Waals surface area contributed by atoms with E-state index in [0.717, 1.165) is 28.5 Å². The molecule has 1 saturated heterocycles. The van der Waals surface area contributed by atoms with Gasteiger partial charge in [-0.15, -0.1) is 0 Å². The zero-order valence-electron chi connectivity index (χ0n) is 19.2. The number of benzene rings is 3. The number of hydrogen-bond acceptors (Lipinski definition) is 6. The second-order valence-corrected chi connectivity index (χ2v) is 9.11. The van der Waals surface area contributed by atoms with Crippen LogP contribution in [0.25, 0.3) is 0 Å². The first kappa shape index (κ1) is 22.3. The summed E-state index contributed by atoms with van der Waals surface area (Å²) in [5.74, 6) is 1.31. The van der Waals surface area contributed by atoms with Gasteiger partial charge in [0.05, 0.1) is 44.5 Å². The van der Waals surface area contributed by atoms with E-state index in [2.05, 4.69) is 27.5 Å². The summed E-state index contributed by atoms with van der Waals surface area (Å²) < 4.78 is 5.56. The molecule has 8 heteroatoms. The molecule has 2 aliphatic heterocycles. The van der Waals surface area contributed by atoms with E-state index in [4.69, 9.17) is 21.3 Å². The van der Waals surface area contributed by atoms with Crippen LogP contribution in [0, 0.1) is 0 Å². The van der Waals surface area contributed by atoms with Crippen LogP contribution in [0.1, 0.15) is 11.1 Å². The van der Waals surface area contributed by atoms with Crippen molar-refractivity contribution in [1.29, 1.82) is 0 Å². The highest BCUT2D eigenvalue weighted by Crippen LogP contribution is 2.36. The molecule has 3 aromatic rings. The second kappa shape index (κ2) is 9.00. The first-order chi connectivity index (χ1) is 16.4. The van der Waals surface area contributed by atoms with Gasteiger partial charge in [-0.05, 0) is 48.0 Å². The second-order valence-electron chi connectivity index (χ2n) is 8.68. The molecule has 0 aliphatic carbocycles. The number of likely N-dealkylation sites (N-methyl/N-ethyl adjacent to an activating group) is 1. The number of anilines is 2. The number of nitrogens with one attached hydrogen (secondary N) is 1. The van der Waals surface area contributed by atoms with Crippen molar-refractivity contribution in [3.05, 3.63) is 82.9 Å². The average Bonchev–Trinajstić information content (AvgIpc) is 3.01. The van der Waals surface area contributed by atoms with E-state index in [1.54, 1.807) is 25.3 Å². The lowest BCUT2D eigenvalue weighted by Gasteiger charge is -2.39. The fourth-order valence-electron chi connectivity index (χ4n) is 4.29. The van der Waals surface area contributed by atoms with Gasteiger partial charge in [0.15, 0.2) is 0 Å². The number of hydrogen-bond donors (Lipinski definition) is 1. The quantitative estimate of drug-likeness (QED) is 0.353. The molecular weight excluding hydrogens is 450 g/mol. The monoisotopic (exact) mass is 475 g/mol. The molecule has 0 radical (unpaired) electrons. The fourth-order valence-corrected chi connectivity index (χ4v) is 4.46. The Balaban J connectivity index is 1.41. The predicted octanol–water partition coefficient (Wildman–Crippen LogP) is 3.97. The van der Waals surface area contributed by atoms with E-state index in [9.17, 15) is 5.11 Å². The highest BCUT2D eigenvalue weighted by Gasteiger charge is 2.32. The lowest BCUT2D eigenvalue weighted by atomic mass is 10.1. The largest absolute Gasteiger partial charge is 0.855 e. The molecule has 3 aromatic carbocycles. The molecule has 34 heavy (non-hydrogen) atoms. The van der Waals surface area contributed by atoms with E-state index in [-0.39, 0.29) is 5.90 Å². The van der Waals surface area contributed by atoms with Gasteiger partial charge in [0, 0.05) is 16.3 Å². The molecule has 2 aliphatic rings. The van der Waals surface area contributed by atoms with Crippen molar-refractivity contribution in [2.75, 3.05) is 45.7 Å². The molecule has 0 amide bonds. The zero-order valence-corrected chi connectivity index (χ0v) is 19.9. The van der Waals surface area contributed by atoms with Gasteiger partial charge in [-0.1, -0.05) is 41.0 Å². The highest BCUT2D eigenvalue weighted by atomic mass is 35.5. The molecule has 0 aromatic heterocycles. The Kier molecular flexibility index (Phi) is 5.89. The van der Waals surface area contributed by atoms with Gasteiger partial charge < -0.3 is 20.1 Å². The van der Waals surface area contributed by atoms with E-state index < -0.39 is 0 Å².